The highest BCUT2D eigenvalue weighted by atomic mass is 16.6. The topological polar surface area (TPSA) is 68.8 Å². The number of nitrogens with one attached hydrogen (secondary N) is 2. The quantitative estimate of drug-likeness (QED) is 0.833. The zero-order valence-electron chi connectivity index (χ0n) is 14.4. The van der Waals surface area contributed by atoms with E-state index in [0.29, 0.717) is 31.5 Å². The van der Waals surface area contributed by atoms with Crippen LogP contribution in [0.5, 0.6) is 17.2 Å². The summed E-state index contributed by atoms with van der Waals surface area (Å²) in [6, 6.07) is 3.84. The second-order valence-electron chi connectivity index (χ2n) is 6.40. The molecule has 1 fully saturated rings. The molecular weight excluding hydrogens is 308 g/mol. The van der Waals surface area contributed by atoms with Crippen molar-refractivity contribution < 1.29 is 19.0 Å². The SMILES string of the molecule is COc1cc2c(cc1CN[C@H](C)C(=O)NC1CCCC1)OCCO2. The second kappa shape index (κ2) is 7.75. The molecule has 0 saturated heterocycles. The van der Waals surface area contributed by atoms with Crippen molar-refractivity contribution in [2.24, 2.45) is 0 Å². The van der Waals surface area contributed by atoms with Crippen LogP contribution >= 0.6 is 0 Å². The van der Waals surface area contributed by atoms with Crippen molar-refractivity contribution in [2.75, 3.05) is 20.3 Å². The first-order chi connectivity index (χ1) is 11.7. The number of carbonyl (C=O) groups is 1. The molecule has 132 valence electrons. The molecule has 24 heavy (non-hydrogen) atoms. The van der Waals surface area contributed by atoms with Crippen LogP contribution in [0.3, 0.4) is 0 Å². The number of fused-ring (bicyclic) bond motifs is 1. The first kappa shape index (κ1) is 16.9. The van der Waals surface area contributed by atoms with Crippen LogP contribution in [0.4, 0.5) is 0 Å². The van der Waals surface area contributed by atoms with Crippen LogP contribution in [0.15, 0.2) is 12.1 Å². The van der Waals surface area contributed by atoms with E-state index in [-0.39, 0.29) is 11.9 Å². The largest absolute Gasteiger partial charge is 0.496 e. The predicted octanol–water partition coefficient (Wildman–Crippen LogP) is 2.00. The van der Waals surface area contributed by atoms with Crippen molar-refractivity contribution in [3.63, 3.8) is 0 Å². The molecule has 1 aliphatic carbocycles. The number of methoxy groups -OCH3 is 1. The first-order valence-electron chi connectivity index (χ1n) is 8.67. The van der Waals surface area contributed by atoms with Crippen LogP contribution in [0.2, 0.25) is 0 Å². The summed E-state index contributed by atoms with van der Waals surface area (Å²) in [4.78, 5) is 12.3. The molecule has 1 atom stereocenters. The minimum atomic E-state index is -0.261. The molecule has 1 saturated carbocycles. The van der Waals surface area contributed by atoms with Gasteiger partial charge in [-0.2, -0.15) is 0 Å². The van der Waals surface area contributed by atoms with E-state index >= 15 is 0 Å². The molecule has 2 N–H and O–H groups in total. The minimum Gasteiger partial charge on any atom is -0.496 e. The number of hydrogen-bond acceptors (Lipinski definition) is 5. The normalized spacial score (nSPS) is 18.2. The Labute approximate surface area is 142 Å². The fourth-order valence-corrected chi connectivity index (χ4v) is 3.19. The summed E-state index contributed by atoms with van der Waals surface area (Å²) in [5.41, 5.74) is 0.947. The molecule has 2 aliphatic rings. The lowest BCUT2D eigenvalue weighted by Gasteiger charge is -2.22. The van der Waals surface area contributed by atoms with Crippen LogP contribution < -0.4 is 24.8 Å². The lowest BCUT2D eigenvalue weighted by molar-refractivity contribution is -0.123. The van der Waals surface area contributed by atoms with Gasteiger partial charge in [-0.05, 0) is 25.8 Å². The maximum absolute atomic E-state index is 12.3. The van der Waals surface area contributed by atoms with Crippen molar-refractivity contribution in [3.8, 4) is 17.2 Å². The minimum absolute atomic E-state index is 0.0541. The molecule has 3 rings (SSSR count). The fraction of sp³-hybridized carbons (Fsp3) is 0.611. The molecule has 0 unspecified atom stereocenters. The van der Waals surface area contributed by atoms with E-state index in [9.17, 15) is 4.79 Å². The van der Waals surface area contributed by atoms with E-state index in [1.165, 1.54) is 12.8 Å². The van der Waals surface area contributed by atoms with E-state index in [1.54, 1.807) is 7.11 Å². The molecule has 6 nitrogen and oxygen atoms in total. The maximum atomic E-state index is 12.3. The van der Waals surface area contributed by atoms with Gasteiger partial charge in [0.25, 0.3) is 0 Å². The lowest BCUT2D eigenvalue weighted by atomic mass is 10.1. The van der Waals surface area contributed by atoms with Gasteiger partial charge in [0, 0.05) is 24.2 Å². The van der Waals surface area contributed by atoms with Gasteiger partial charge < -0.3 is 24.8 Å². The van der Waals surface area contributed by atoms with Crippen LogP contribution in [0.1, 0.15) is 38.2 Å². The summed E-state index contributed by atoms with van der Waals surface area (Å²) in [6.07, 6.45) is 4.60. The van der Waals surface area contributed by atoms with Gasteiger partial charge in [-0.1, -0.05) is 12.8 Å². The monoisotopic (exact) mass is 334 g/mol. The number of benzene rings is 1. The summed E-state index contributed by atoms with van der Waals surface area (Å²) >= 11 is 0. The Morgan fingerprint density at radius 2 is 1.92 bits per heavy atom. The molecule has 0 aromatic heterocycles. The molecule has 6 heteroatoms. The molecule has 0 spiro atoms. The van der Waals surface area contributed by atoms with Gasteiger partial charge in [-0.3, -0.25) is 4.79 Å². The molecule has 1 aromatic carbocycles. The van der Waals surface area contributed by atoms with E-state index in [0.717, 1.165) is 29.9 Å². The molecule has 0 bridgehead atoms. The Kier molecular flexibility index (Phi) is 5.45. The third kappa shape index (κ3) is 3.93. The Hall–Kier alpha value is -1.95. The van der Waals surface area contributed by atoms with Gasteiger partial charge in [0.2, 0.25) is 5.91 Å². The highest BCUT2D eigenvalue weighted by Gasteiger charge is 2.21. The van der Waals surface area contributed by atoms with Crippen molar-refractivity contribution in [1.29, 1.82) is 0 Å². The number of ether oxygens (including phenoxy) is 3. The highest BCUT2D eigenvalue weighted by molar-refractivity contribution is 5.81. The molecule has 1 aromatic rings. The molecule has 1 aliphatic heterocycles. The lowest BCUT2D eigenvalue weighted by Crippen LogP contribution is -2.45. The van der Waals surface area contributed by atoms with Gasteiger partial charge in [0.05, 0.1) is 13.2 Å². The second-order valence-corrected chi connectivity index (χ2v) is 6.40. The summed E-state index contributed by atoms with van der Waals surface area (Å²) in [5.74, 6) is 2.21. The van der Waals surface area contributed by atoms with E-state index in [1.807, 2.05) is 19.1 Å². The predicted molar refractivity (Wildman–Crippen MR) is 90.7 cm³/mol. The van der Waals surface area contributed by atoms with E-state index in [2.05, 4.69) is 10.6 Å². The zero-order valence-corrected chi connectivity index (χ0v) is 14.4. The van der Waals surface area contributed by atoms with Crippen molar-refractivity contribution in [1.82, 2.24) is 10.6 Å². The van der Waals surface area contributed by atoms with Gasteiger partial charge in [-0.25, -0.2) is 0 Å². The smallest absolute Gasteiger partial charge is 0.237 e. The van der Waals surface area contributed by atoms with Gasteiger partial charge in [-0.15, -0.1) is 0 Å². The van der Waals surface area contributed by atoms with Crippen molar-refractivity contribution >= 4 is 5.91 Å². The third-order valence-electron chi connectivity index (χ3n) is 4.64. The summed E-state index contributed by atoms with van der Waals surface area (Å²) in [5, 5.41) is 6.38. The zero-order chi connectivity index (χ0) is 16.9. The Morgan fingerprint density at radius 3 is 2.58 bits per heavy atom. The number of amides is 1. The first-order valence-corrected chi connectivity index (χ1v) is 8.67. The molecule has 0 radical (unpaired) electrons. The van der Waals surface area contributed by atoms with Crippen LogP contribution in [0.25, 0.3) is 0 Å². The fourth-order valence-electron chi connectivity index (χ4n) is 3.19. The van der Waals surface area contributed by atoms with Gasteiger partial charge in [0.1, 0.15) is 19.0 Å². The Bertz CT molecular complexity index is 585. The van der Waals surface area contributed by atoms with Gasteiger partial charge >= 0.3 is 0 Å². The Morgan fingerprint density at radius 1 is 1.25 bits per heavy atom. The van der Waals surface area contributed by atoms with Crippen LogP contribution in [-0.2, 0) is 11.3 Å². The number of carbonyl (C=O) groups excluding carboxylic acids is 1. The van der Waals surface area contributed by atoms with Crippen LogP contribution in [0, 0.1) is 0 Å². The summed E-state index contributed by atoms with van der Waals surface area (Å²) < 4.78 is 16.6. The Balaban J connectivity index is 1.59. The van der Waals surface area contributed by atoms with E-state index < -0.39 is 0 Å². The summed E-state index contributed by atoms with van der Waals surface area (Å²) in [7, 11) is 1.63. The van der Waals surface area contributed by atoms with Gasteiger partial charge in [0.15, 0.2) is 11.5 Å². The van der Waals surface area contributed by atoms with Crippen molar-refractivity contribution in [2.45, 2.75) is 51.2 Å². The molecule has 1 amide bonds. The summed E-state index contributed by atoms with van der Waals surface area (Å²) in [6.45, 7) is 3.51. The number of rotatable bonds is 6. The van der Waals surface area contributed by atoms with E-state index in [4.69, 9.17) is 14.2 Å². The number of hydrogen-bond donors (Lipinski definition) is 2. The molecular formula is C18H26N2O4. The molecule has 1 heterocycles. The average molecular weight is 334 g/mol. The maximum Gasteiger partial charge on any atom is 0.237 e. The average Bonchev–Trinajstić information content (AvgIpc) is 3.11. The van der Waals surface area contributed by atoms with Crippen LogP contribution in [-0.4, -0.2) is 38.3 Å². The third-order valence-corrected chi connectivity index (χ3v) is 4.64. The van der Waals surface area contributed by atoms with Crippen molar-refractivity contribution in [3.05, 3.63) is 17.7 Å². The standard InChI is InChI=1S/C18H26N2O4/c1-12(18(21)20-14-5-3-4-6-14)19-11-13-9-16-17(10-15(13)22-2)24-8-7-23-16/h9-10,12,14,19H,3-8,11H2,1-2H3,(H,20,21)/t12-/m1/s1. The highest BCUT2D eigenvalue weighted by Crippen LogP contribution is 2.36.